The predicted octanol–water partition coefficient (Wildman–Crippen LogP) is 3.47. The maximum atomic E-state index is 13.4. The summed E-state index contributed by atoms with van der Waals surface area (Å²) in [5.41, 5.74) is 6.24. The van der Waals surface area contributed by atoms with Gasteiger partial charge in [-0.05, 0) is 42.5 Å². The van der Waals surface area contributed by atoms with Crippen LogP contribution >= 0.6 is 11.6 Å². The quantitative estimate of drug-likeness (QED) is 0.831. The van der Waals surface area contributed by atoms with E-state index in [0.717, 1.165) is 0 Å². The Morgan fingerprint density at radius 1 is 1.24 bits per heavy atom. The number of amides is 1. The molecule has 0 spiro atoms. The summed E-state index contributed by atoms with van der Waals surface area (Å²) in [5.74, 6) is -0.273. The molecule has 0 atom stereocenters. The first-order valence-electron chi connectivity index (χ1n) is 6.28. The van der Waals surface area contributed by atoms with Crippen LogP contribution in [0, 0.1) is 5.82 Å². The summed E-state index contributed by atoms with van der Waals surface area (Å²) < 4.78 is 18.8. The second-order valence-electron chi connectivity index (χ2n) is 4.34. The molecule has 0 bridgehead atoms. The molecular weight excluding hydrogens is 295 g/mol. The fourth-order valence-electron chi connectivity index (χ4n) is 1.63. The Morgan fingerprint density at radius 2 is 1.95 bits per heavy atom. The van der Waals surface area contributed by atoms with Gasteiger partial charge in [0.25, 0.3) is 0 Å². The van der Waals surface area contributed by atoms with Gasteiger partial charge in [0, 0.05) is 10.7 Å². The van der Waals surface area contributed by atoms with Crippen LogP contribution in [0.25, 0.3) is 0 Å². The van der Waals surface area contributed by atoms with Gasteiger partial charge in [-0.2, -0.15) is 0 Å². The van der Waals surface area contributed by atoms with Crippen molar-refractivity contribution in [1.29, 1.82) is 0 Å². The molecule has 0 aliphatic rings. The Bertz CT molecular complexity index is 632. The minimum absolute atomic E-state index is 0.0555. The lowest BCUT2D eigenvalue weighted by Crippen LogP contribution is -2.16. The normalized spacial score (nSPS) is 10.2. The van der Waals surface area contributed by atoms with E-state index in [2.05, 4.69) is 5.32 Å². The molecule has 2 rings (SSSR count). The summed E-state index contributed by atoms with van der Waals surface area (Å²) in [6.45, 7) is 0.179. The number of hydrogen-bond acceptors (Lipinski definition) is 3. The molecular formula is C15H14ClFN2O2. The monoisotopic (exact) mass is 308 g/mol. The van der Waals surface area contributed by atoms with Crippen molar-refractivity contribution in [3.63, 3.8) is 0 Å². The van der Waals surface area contributed by atoms with Gasteiger partial charge in [0.15, 0.2) is 0 Å². The third-order valence-electron chi connectivity index (χ3n) is 2.68. The summed E-state index contributed by atoms with van der Waals surface area (Å²) in [4.78, 5) is 11.7. The predicted molar refractivity (Wildman–Crippen MR) is 81.0 cm³/mol. The molecule has 0 heterocycles. The Hall–Kier alpha value is -2.27. The van der Waals surface area contributed by atoms with Gasteiger partial charge in [0.05, 0.1) is 18.7 Å². The minimum Gasteiger partial charge on any atom is -0.493 e. The van der Waals surface area contributed by atoms with Crippen LogP contribution in [0.1, 0.15) is 6.42 Å². The Labute approximate surface area is 126 Å². The molecule has 0 radical (unpaired) electrons. The van der Waals surface area contributed by atoms with Gasteiger partial charge >= 0.3 is 0 Å². The summed E-state index contributed by atoms with van der Waals surface area (Å²) in [6, 6.07) is 10.8. The van der Waals surface area contributed by atoms with Crippen LogP contribution in [0.3, 0.4) is 0 Å². The first-order valence-corrected chi connectivity index (χ1v) is 6.65. The molecule has 1 amide bonds. The average molecular weight is 309 g/mol. The highest BCUT2D eigenvalue weighted by Gasteiger charge is 2.08. The van der Waals surface area contributed by atoms with Crippen LogP contribution in [-0.2, 0) is 4.79 Å². The van der Waals surface area contributed by atoms with Crippen LogP contribution in [0.2, 0.25) is 5.02 Å². The number of anilines is 2. The lowest BCUT2D eigenvalue weighted by molar-refractivity contribution is -0.116. The molecule has 21 heavy (non-hydrogen) atoms. The largest absolute Gasteiger partial charge is 0.493 e. The van der Waals surface area contributed by atoms with Crippen LogP contribution in [0.15, 0.2) is 42.5 Å². The zero-order valence-electron chi connectivity index (χ0n) is 11.1. The molecule has 3 N–H and O–H groups in total. The van der Waals surface area contributed by atoms with Gasteiger partial charge in [0.2, 0.25) is 5.91 Å². The number of nitrogen functional groups attached to an aromatic ring is 1. The van der Waals surface area contributed by atoms with Crippen molar-refractivity contribution < 1.29 is 13.9 Å². The molecule has 0 aliphatic carbocycles. The zero-order valence-corrected chi connectivity index (χ0v) is 11.9. The molecule has 2 aromatic carbocycles. The standard InChI is InChI=1S/C15H14ClFN2O2/c16-10-1-6-13(17)14(9-10)19-15(20)7-8-21-12-4-2-11(18)3-5-12/h1-6,9H,7-8,18H2,(H,19,20). The fourth-order valence-corrected chi connectivity index (χ4v) is 1.80. The van der Waals surface area contributed by atoms with E-state index in [9.17, 15) is 9.18 Å². The van der Waals surface area contributed by atoms with Crippen molar-refractivity contribution in [3.8, 4) is 5.75 Å². The van der Waals surface area contributed by atoms with E-state index in [1.54, 1.807) is 24.3 Å². The second-order valence-corrected chi connectivity index (χ2v) is 4.78. The maximum absolute atomic E-state index is 13.4. The van der Waals surface area contributed by atoms with Gasteiger partial charge in [0.1, 0.15) is 11.6 Å². The van der Waals surface area contributed by atoms with Crippen molar-refractivity contribution in [3.05, 3.63) is 53.3 Å². The molecule has 110 valence electrons. The average Bonchev–Trinajstić information content (AvgIpc) is 2.45. The first-order chi connectivity index (χ1) is 10.0. The minimum atomic E-state index is -0.535. The van der Waals surface area contributed by atoms with Gasteiger partial charge < -0.3 is 15.8 Å². The van der Waals surface area contributed by atoms with Crippen molar-refractivity contribution >= 4 is 28.9 Å². The third-order valence-corrected chi connectivity index (χ3v) is 2.92. The number of ether oxygens (including phenoxy) is 1. The van der Waals surface area contributed by atoms with Crippen LogP contribution in [-0.4, -0.2) is 12.5 Å². The van der Waals surface area contributed by atoms with E-state index in [4.69, 9.17) is 22.1 Å². The van der Waals surface area contributed by atoms with E-state index in [-0.39, 0.29) is 24.6 Å². The molecule has 0 aromatic heterocycles. The van der Waals surface area contributed by atoms with Crippen molar-refractivity contribution in [2.45, 2.75) is 6.42 Å². The number of benzene rings is 2. The molecule has 4 nitrogen and oxygen atoms in total. The van der Waals surface area contributed by atoms with Gasteiger partial charge in [-0.15, -0.1) is 0 Å². The van der Waals surface area contributed by atoms with E-state index in [0.29, 0.717) is 16.5 Å². The highest BCUT2D eigenvalue weighted by Crippen LogP contribution is 2.19. The molecule has 0 saturated carbocycles. The van der Waals surface area contributed by atoms with Crippen molar-refractivity contribution in [1.82, 2.24) is 0 Å². The number of nitrogens with two attached hydrogens (primary N) is 1. The molecule has 6 heteroatoms. The first kappa shape index (κ1) is 15.1. The molecule has 2 aromatic rings. The summed E-state index contributed by atoms with van der Waals surface area (Å²) in [5, 5.41) is 2.80. The Kier molecular flexibility index (Phi) is 5.00. The zero-order chi connectivity index (χ0) is 15.2. The maximum Gasteiger partial charge on any atom is 0.227 e. The number of carbonyl (C=O) groups is 1. The molecule has 0 unspecified atom stereocenters. The van der Waals surface area contributed by atoms with E-state index < -0.39 is 5.82 Å². The smallest absolute Gasteiger partial charge is 0.227 e. The van der Waals surface area contributed by atoms with Crippen LogP contribution in [0.5, 0.6) is 5.75 Å². The molecule has 0 aliphatic heterocycles. The SMILES string of the molecule is Nc1ccc(OCCC(=O)Nc2cc(Cl)ccc2F)cc1. The van der Waals surface area contributed by atoms with E-state index in [1.807, 2.05) is 0 Å². The van der Waals surface area contributed by atoms with E-state index in [1.165, 1.54) is 18.2 Å². The van der Waals surface area contributed by atoms with Crippen LogP contribution < -0.4 is 15.8 Å². The highest BCUT2D eigenvalue weighted by atomic mass is 35.5. The summed E-state index contributed by atoms with van der Waals surface area (Å²) in [7, 11) is 0. The van der Waals surface area contributed by atoms with Crippen molar-refractivity contribution in [2.24, 2.45) is 0 Å². The number of halogens is 2. The summed E-state index contributed by atoms with van der Waals surface area (Å²) >= 11 is 5.74. The number of nitrogens with one attached hydrogen (secondary N) is 1. The summed E-state index contributed by atoms with van der Waals surface area (Å²) in [6.07, 6.45) is 0.0936. The third kappa shape index (κ3) is 4.65. The van der Waals surface area contributed by atoms with Crippen LogP contribution in [0.4, 0.5) is 15.8 Å². The van der Waals surface area contributed by atoms with Gasteiger partial charge in [-0.25, -0.2) is 4.39 Å². The molecule has 0 saturated heterocycles. The second kappa shape index (κ2) is 6.95. The molecule has 0 fully saturated rings. The van der Waals surface area contributed by atoms with E-state index >= 15 is 0 Å². The Balaban J connectivity index is 1.82. The van der Waals surface area contributed by atoms with Gasteiger partial charge in [-0.1, -0.05) is 11.6 Å². The number of rotatable bonds is 5. The topological polar surface area (TPSA) is 64.3 Å². The fraction of sp³-hybridized carbons (Fsp3) is 0.133. The lowest BCUT2D eigenvalue weighted by Gasteiger charge is -2.08. The lowest BCUT2D eigenvalue weighted by atomic mass is 10.3. The number of hydrogen-bond donors (Lipinski definition) is 2. The number of carbonyl (C=O) groups excluding carboxylic acids is 1. The van der Waals surface area contributed by atoms with Crippen molar-refractivity contribution in [2.75, 3.05) is 17.7 Å². The van der Waals surface area contributed by atoms with Gasteiger partial charge in [-0.3, -0.25) is 4.79 Å². The Morgan fingerprint density at radius 3 is 2.67 bits per heavy atom. The highest BCUT2D eigenvalue weighted by molar-refractivity contribution is 6.30.